The smallest absolute Gasteiger partial charge is 0.222 e. The van der Waals surface area contributed by atoms with Gasteiger partial charge in [0, 0.05) is 30.2 Å². The zero-order valence-corrected chi connectivity index (χ0v) is 18.2. The standard InChI is InChI=1S/C25H24N4O4/c1-32-21-9-15(18-10-26-27-11-18)8-19-22(21)28-24(29-25(19)31)17-7-16-6-14(23(30)13-2-3-13)4-5-20(16)33-12-17/h4-6,8-10,13,17-18,27H,2-3,7,11-12H2,1H3,(H,28,29,31). The summed E-state index contributed by atoms with van der Waals surface area (Å²) in [5.41, 5.74) is 6.20. The summed E-state index contributed by atoms with van der Waals surface area (Å²) >= 11 is 0. The van der Waals surface area contributed by atoms with Gasteiger partial charge < -0.3 is 20.0 Å². The van der Waals surface area contributed by atoms with Gasteiger partial charge in [-0.3, -0.25) is 4.79 Å². The normalized spacial score (nSPS) is 21.4. The van der Waals surface area contributed by atoms with Crippen molar-refractivity contribution in [3.63, 3.8) is 0 Å². The number of benzene rings is 2. The molecule has 2 aromatic carbocycles. The van der Waals surface area contributed by atoms with Crippen molar-refractivity contribution in [1.29, 1.82) is 0 Å². The third-order valence-corrected chi connectivity index (χ3v) is 6.65. The Bertz CT molecular complexity index is 1300. The van der Waals surface area contributed by atoms with Gasteiger partial charge in [0.15, 0.2) is 5.78 Å². The van der Waals surface area contributed by atoms with Gasteiger partial charge in [0.1, 0.15) is 22.8 Å². The Morgan fingerprint density at radius 2 is 2.09 bits per heavy atom. The molecular formula is C25H24N4O4. The lowest BCUT2D eigenvalue weighted by Crippen LogP contribution is -2.22. The maximum atomic E-state index is 12.5. The van der Waals surface area contributed by atoms with Crippen molar-refractivity contribution in [3.8, 4) is 17.4 Å². The van der Waals surface area contributed by atoms with E-state index in [2.05, 4.69) is 15.5 Å². The highest BCUT2D eigenvalue weighted by atomic mass is 16.5. The number of ketones is 1. The van der Waals surface area contributed by atoms with E-state index in [-0.39, 0.29) is 29.4 Å². The molecule has 8 nitrogen and oxygen atoms in total. The molecule has 6 rings (SSSR count). The summed E-state index contributed by atoms with van der Waals surface area (Å²) in [6.45, 7) is 1.09. The first-order chi connectivity index (χ1) is 16.1. The molecular weight excluding hydrogens is 420 g/mol. The fourth-order valence-corrected chi connectivity index (χ4v) is 4.62. The number of hydrazone groups is 1. The quantitative estimate of drug-likeness (QED) is 0.582. The van der Waals surface area contributed by atoms with E-state index in [1.807, 2.05) is 36.5 Å². The van der Waals surface area contributed by atoms with Gasteiger partial charge in [-0.1, -0.05) is 0 Å². The lowest BCUT2D eigenvalue weighted by molar-refractivity contribution is 0.0967. The van der Waals surface area contributed by atoms with Crippen molar-refractivity contribution >= 4 is 22.9 Å². The molecule has 1 fully saturated rings. The lowest BCUT2D eigenvalue weighted by Gasteiger charge is -2.25. The maximum Gasteiger partial charge on any atom is 0.222 e. The van der Waals surface area contributed by atoms with Crippen LogP contribution in [0.1, 0.15) is 52.0 Å². The highest BCUT2D eigenvalue weighted by molar-refractivity contribution is 5.99. The van der Waals surface area contributed by atoms with Crippen molar-refractivity contribution in [2.45, 2.75) is 31.1 Å². The summed E-state index contributed by atoms with van der Waals surface area (Å²) in [4.78, 5) is 21.7. The van der Waals surface area contributed by atoms with Gasteiger partial charge in [-0.2, -0.15) is 10.1 Å². The fraction of sp³-hybridized carbons (Fsp3) is 0.360. The SMILES string of the molecule is COc1cc(C2C=NNC2)cc2c(O)nc(C3COc4ccc(C(=O)C5CC5)cc4C3)nc12. The van der Waals surface area contributed by atoms with Gasteiger partial charge >= 0.3 is 0 Å². The number of carbonyl (C=O) groups excluding carboxylic acids is 1. The van der Waals surface area contributed by atoms with Crippen molar-refractivity contribution in [1.82, 2.24) is 15.4 Å². The van der Waals surface area contributed by atoms with Gasteiger partial charge in [-0.15, -0.1) is 0 Å². The van der Waals surface area contributed by atoms with Crippen molar-refractivity contribution in [2.24, 2.45) is 11.0 Å². The second-order valence-corrected chi connectivity index (χ2v) is 8.94. The molecule has 3 aromatic rings. The van der Waals surface area contributed by atoms with E-state index in [0.717, 1.165) is 35.3 Å². The monoisotopic (exact) mass is 444 g/mol. The molecule has 168 valence electrons. The number of hydrogen-bond acceptors (Lipinski definition) is 8. The van der Waals surface area contributed by atoms with Crippen molar-refractivity contribution in [3.05, 3.63) is 52.8 Å². The number of aromatic hydroxyl groups is 1. The molecule has 0 radical (unpaired) electrons. The Hall–Kier alpha value is -3.68. The zero-order chi connectivity index (χ0) is 22.5. The van der Waals surface area contributed by atoms with Crippen LogP contribution in [-0.4, -0.2) is 47.3 Å². The lowest BCUT2D eigenvalue weighted by atomic mass is 9.93. The molecule has 1 saturated carbocycles. The Morgan fingerprint density at radius 3 is 2.85 bits per heavy atom. The number of rotatable bonds is 5. The van der Waals surface area contributed by atoms with E-state index >= 15 is 0 Å². The molecule has 3 aliphatic rings. The van der Waals surface area contributed by atoms with E-state index in [1.54, 1.807) is 7.11 Å². The van der Waals surface area contributed by atoms with Crippen LogP contribution in [0.3, 0.4) is 0 Å². The van der Waals surface area contributed by atoms with Gasteiger partial charge in [0.25, 0.3) is 0 Å². The Labute approximate surface area is 190 Å². The van der Waals surface area contributed by atoms with Crippen LogP contribution >= 0.6 is 0 Å². The second-order valence-electron chi connectivity index (χ2n) is 8.94. The van der Waals surface area contributed by atoms with Crippen LogP contribution in [-0.2, 0) is 6.42 Å². The molecule has 1 aliphatic carbocycles. The number of fused-ring (bicyclic) bond motifs is 2. The molecule has 2 N–H and O–H groups in total. The molecule has 8 heteroatoms. The molecule has 0 bridgehead atoms. The summed E-state index contributed by atoms with van der Waals surface area (Å²) in [5, 5.41) is 15.4. The molecule has 2 atom stereocenters. The van der Waals surface area contributed by atoms with Crippen LogP contribution in [0.25, 0.3) is 10.9 Å². The molecule has 1 aromatic heterocycles. The third kappa shape index (κ3) is 3.55. The van der Waals surface area contributed by atoms with Crippen LogP contribution in [0.15, 0.2) is 35.4 Å². The Balaban J connectivity index is 1.35. The second kappa shape index (κ2) is 7.72. The van der Waals surface area contributed by atoms with Crippen LogP contribution in [0.2, 0.25) is 0 Å². The fourth-order valence-electron chi connectivity index (χ4n) is 4.62. The van der Waals surface area contributed by atoms with Crippen LogP contribution in [0.4, 0.5) is 0 Å². The maximum absolute atomic E-state index is 12.5. The first-order valence-corrected chi connectivity index (χ1v) is 11.2. The molecule has 0 saturated heterocycles. The zero-order valence-electron chi connectivity index (χ0n) is 18.2. The van der Waals surface area contributed by atoms with Gasteiger partial charge in [0.05, 0.1) is 25.0 Å². The highest BCUT2D eigenvalue weighted by Gasteiger charge is 2.32. The number of Topliss-reactive ketones (excluding diaryl/α,β-unsaturated/α-hetero) is 1. The predicted octanol–water partition coefficient (Wildman–Crippen LogP) is 3.33. The molecule has 33 heavy (non-hydrogen) atoms. The van der Waals surface area contributed by atoms with E-state index < -0.39 is 0 Å². The Kier molecular flexibility index (Phi) is 4.67. The summed E-state index contributed by atoms with van der Waals surface area (Å²) < 4.78 is 11.6. The Morgan fingerprint density at radius 1 is 1.21 bits per heavy atom. The van der Waals surface area contributed by atoms with Crippen LogP contribution in [0.5, 0.6) is 17.4 Å². The minimum Gasteiger partial charge on any atom is -0.494 e. The number of hydrogen-bond donors (Lipinski definition) is 2. The number of nitrogens with one attached hydrogen (secondary N) is 1. The van der Waals surface area contributed by atoms with Crippen molar-refractivity contribution in [2.75, 3.05) is 20.3 Å². The van der Waals surface area contributed by atoms with Crippen LogP contribution in [0, 0.1) is 5.92 Å². The van der Waals surface area contributed by atoms with Gasteiger partial charge in [-0.25, -0.2) is 4.98 Å². The topological polar surface area (TPSA) is 106 Å². The van der Waals surface area contributed by atoms with E-state index in [9.17, 15) is 9.90 Å². The summed E-state index contributed by atoms with van der Waals surface area (Å²) in [7, 11) is 1.59. The van der Waals surface area contributed by atoms with Gasteiger partial charge in [-0.05, 0) is 60.7 Å². The average Bonchev–Trinajstić information content (AvgIpc) is 3.55. The molecule has 3 heterocycles. The van der Waals surface area contributed by atoms with E-state index in [0.29, 0.717) is 42.0 Å². The van der Waals surface area contributed by atoms with Crippen molar-refractivity contribution < 1.29 is 19.4 Å². The van der Waals surface area contributed by atoms with Gasteiger partial charge in [0.2, 0.25) is 5.88 Å². The van der Waals surface area contributed by atoms with E-state index in [1.165, 1.54) is 0 Å². The number of carbonyl (C=O) groups is 1. The molecule has 2 unspecified atom stereocenters. The third-order valence-electron chi connectivity index (χ3n) is 6.65. The number of aromatic nitrogens is 2. The molecule has 0 spiro atoms. The minimum absolute atomic E-state index is 0.0819. The van der Waals surface area contributed by atoms with E-state index in [4.69, 9.17) is 14.5 Å². The largest absolute Gasteiger partial charge is 0.494 e. The summed E-state index contributed by atoms with van der Waals surface area (Å²) in [5.74, 6) is 2.12. The number of methoxy groups -OCH3 is 1. The van der Waals surface area contributed by atoms with Crippen LogP contribution < -0.4 is 14.9 Å². The molecule has 2 aliphatic heterocycles. The average molecular weight is 444 g/mol. The molecule has 0 amide bonds. The number of ether oxygens (including phenoxy) is 2. The summed E-state index contributed by atoms with van der Waals surface area (Å²) in [6, 6.07) is 9.50. The minimum atomic E-state index is -0.144. The number of nitrogens with zero attached hydrogens (tertiary/aromatic N) is 3. The predicted molar refractivity (Wildman–Crippen MR) is 122 cm³/mol. The first kappa shape index (κ1) is 20.0. The highest BCUT2D eigenvalue weighted by Crippen LogP contribution is 2.38. The summed E-state index contributed by atoms with van der Waals surface area (Å²) in [6.07, 6.45) is 4.43. The first-order valence-electron chi connectivity index (χ1n) is 11.2.